The monoisotopic (exact) mass is 724 g/mol. The number of halogens is 1. The normalized spacial score (nSPS) is 17.4. The first kappa shape index (κ1) is 35.9. The lowest BCUT2D eigenvalue weighted by molar-refractivity contribution is -0.117. The van der Waals surface area contributed by atoms with Crippen molar-refractivity contribution in [1.29, 1.82) is 5.26 Å². The van der Waals surface area contributed by atoms with Crippen LogP contribution in [0.4, 0.5) is 5.69 Å². The molecule has 1 heterocycles. The zero-order chi connectivity index (χ0) is 34.9. The van der Waals surface area contributed by atoms with Gasteiger partial charge in [-0.1, -0.05) is 55.8 Å². The molecule has 2 atom stereocenters. The number of ketones is 1. The van der Waals surface area contributed by atoms with Crippen LogP contribution in [-0.4, -0.2) is 36.8 Å². The summed E-state index contributed by atoms with van der Waals surface area (Å²) in [5, 5.41) is 16.6. The predicted octanol–water partition coefficient (Wildman–Crippen LogP) is 8.41. The Hall–Kier alpha value is -4.39. The van der Waals surface area contributed by atoms with Crippen LogP contribution in [0.2, 0.25) is 0 Å². The van der Waals surface area contributed by atoms with Crippen molar-refractivity contribution >= 4 is 33.3 Å². The second-order valence-corrected chi connectivity index (χ2v) is 13.7. The summed E-state index contributed by atoms with van der Waals surface area (Å²) in [5.74, 6) is 0.920. The summed E-state index contributed by atoms with van der Waals surface area (Å²) in [4.78, 5) is 28.5. The molecular weight excluding hydrogens is 680 g/mol. The summed E-state index contributed by atoms with van der Waals surface area (Å²) in [6.07, 6.45) is 3.70. The first-order valence-electron chi connectivity index (χ1n) is 17.0. The number of hydrogen-bond donors (Lipinski definition) is 2. The molecule has 1 aliphatic heterocycles. The molecule has 3 aromatic rings. The molecule has 0 aromatic heterocycles. The fourth-order valence-corrected chi connectivity index (χ4v) is 7.33. The largest absolute Gasteiger partial charge is 0.490 e. The molecule has 0 radical (unpaired) electrons. The molecule has 0 saturated heterocycles. The van der Waals surface area contributed by atoms with E-state index in [9.17, 15) is 14.9 Å². The number of hydrogen-bond acceptors (Lipinski definition) is 7. The number of allylic oxidation sites excluding steroid dienone is 4. The van der Waals surface area contributed by atoms with Crippen LogP contribution in [0.5, 0.6) is 11.5 Å². The number of Topliss-reactive ketones (excluding diaryl/α,β-unsaturated/α-hetero) is 1. The van der Waals surface area contributed by atoms with Crippen LogP contribution in [-0.2, 0) is 22.7 Å². The third kappa shape index (κ3) is 9.00. The van der Waals surface area contributed by atoms with Gasteiger partial charge >= 0.3 is 0 Å². The minimum atomic E-state index is -0.487. The van der Waals surface area contributed by atoms with Crippen LogP contribution in [0.15, 0.2) is 93.7 Å². The van der Waals surface area contributed by atoms with Crippen LogP contribution in [0, 0.1) is 17.2 Å². The molecule has 2 unspecified atom stereocenters. The zero-order valence-corrected chi connectivity index (χ0v) is 30.4. The fraction of sp³-hybridized carbons (Fsp3) is 0.375. The van der Waals surface area contributed by atoms with Gasteiger partial charge in [0, 0.05) is 48.6 Å². The van der Waals surface area contributed by atoms with E-state index in [1.54, 1.807) is 0 Å². The van der Waals surface area contributed by atoms with E-state index in [0.29, 0.717) is 64.7 Å². The van der Waals surface area contributed by atoms with Crippen molar-refractivity contribution in [2.75, 3.05) is 25.5 Å². The zero-order valence-electron chi connectivity index (χ0n) is 28.8. The van der Waals surface area contributed by atoms with E-state index in [1.807, 2.05) is 75.5 Å². The second kappa shape index (κ2) is 16.8. The van der Waals surface area contributed by atoms with Crippen molar-refractivity contribution in [2.45, 2.75) is 71.9 Å². The average Bonchev–Trinajstić information content (AvgIpc) is 3.07. The number of nitrogens with zero attached hydrogens (tertiary/aromatic N) is 2. The number of anilines is 1. The van der Waals surface area contributed by atoms with Gasteiger partial charge in [-0.2, -0.15) is 5.26 Å². The summed E-state index contributed by atoms with van der Waals surface area (Å²) < 4.78 is 13.1. The number of carbonyl (C=O) groups excluding carboxylic acids is 2. The van der Waals surface area contributed by atoms with E-state index in [0.717, 1.165) is 48.3 Å². The van der Waals surface area contributed by atoms with Crippen molar-refractivity contribution in [1.82, 2.24) is 10.2 Å². The molecule has 256 valence electrons. The molecule has 0 bridgehead atoms. The number of rotatable bonds is 14. The molecule has 49 heavy (non-hydrogen) atoms. The summed E-state index contributed by atoms with van der Waals surface area (Å²) >= 11 is 3.71. The smallest absolute Gasteiger partial charge is 0.225 e. The first-order valence-corrected chi connectivity index (χ1v) is 17.8. The molecule has 0 saturated carbocycles. The summed E-state index contributed by atoms with van der Waals surface area (Å²) in [6.45, 7) is 8.03. The molecule has 2 aliphatic rings. The average molecular weight is 726 g/mol. The van der Waals surface area contributed by atoms with Gasteiger partial charge in [0.25, 0.3) is 0 Å². The maximum Gasteiger partial charge on any atom is 0.225 e. The minimum absolute atomic E-state index is 0.0514. The highest BCUT2D eigenvalue weighted by Gasteiger charge is 2.39. The fourth-order valence-electron chi connectivity index (χ4n) is 6.76. The van der Waals surface area contributed by atoms with Crippen molar-refractivity contribution < 1.29 is 19.1 Å². The van der Waals surface area contributed by atoms with E-state index in [4.69, 9.17) is 9.47 Å². The Balaban J connectivity index is 1.29. The van der Waals surface area contributed by atoms with Crippen molar-refractivity contribution in [3.8, 4) is 17.6 Å². The van der Waals surface area contributed by atoms with E-state index >= 15 is 0 Å². The van der Waals surface area contributed by atoms with Gasteiger partial charge in [0.15, 0.2) is 17.3 Å². The Labute approximate surface area is 298 Å². The standard InChI is InChI=1S/C40H45BrN4O4/c1-5-11-28-19-34-39(35(46)20-28)38(32(23-42)26(3)43-34)30-21-33(41)40(36(22-30)48-6-2)49-25-29-14-10-15-31(18-29)44-37(47)16-17-45(4)24-27-12-8-7-9-13-27/h7-10,12-15,18,21-22,28,38,43H,5-6,11,16-17,19-20,24-25H2,1-4H3,(H,44,47). The SMILES string of the molecule is CCCC1CC(=O)C2=C(C1)NC(C)=C(C#N)C2c1cc(Br)c(OCc2cccc(NC(=O)CCN(C)Cc3ccccc3)c2)c(OCC)c1. The maximum atomic E-state index is 13.6. The van der Waals surface area contributed by atoms with Crippen LogP contribution in [0.3, 0.4) is 0 Å². The second-order valence-electron chi connectivity index (χ2n) is 12.9. The minimum Gasteiger partial charge on any atom is -0.490 e. The molecule has 2 N–H and O–H groups in total. The lowest BCUT2D eigenvalue weighted by Crippen LogP contribution is -2.34. The highest BCUT2D eigenvalue weighted by atomic mass is 79.9. The van der Waals surface area contributed by atoms with Crippen molar-refractivity contribution in [3.63, 3.8) is 0 Å². The lowest BCUT2D eigenvalue weighted by atomic mass is 9.72. The van der Waals surface area contributed by atoms with Gasteiger partial charge in [0.05, 0.1) is 28.6 Å². The maximum absolute atomic E-state index is 13.6. The van der Waals surface area contributed by atoms with Crippen molar-refractivity contribution in [3.05, 3.63) is 110 Å². The molecule has 8 nitrogen and oxygen atoms in total. The van der Waals surface area contributed by atoms with Gasteiger partial charge < -0.3 is 25.0 Å². The van der Waals surface area contributed by atoms with Crippen LogP contribution >= 0.6 is 15.9 Å². The predicted molar refractivity (Wildman–Crippen MR) is 196 cm³/mol. The highest BCUT2D eigenvalue weighted by molar-refractivity contribution is 9.10. The highest BCUT2D eigenvalue weighted by Crippen LogP contribution is 2.47. The van der Waals surface area contributed by atoms with E-state index in [1.165, 1.54) is 5.56 Å². The quantitative estimate of drug-likeness (QED) is 0.172. The summed E-state index contributed by atoms with van der Waals surface area (Å²) in [6, 6.07) is 24.0. The van der Waals surface area contributed by atoms with Gasteiger partial charge in [0.2, 0.25) is 5.91 Å². The molecule has 1 amide bonds. The number of nitriles is 1. The third-order valence-electron chi connectivity index (χ3n) is 9.00. The van der Waals surface area contributed by atoms with Crippen LogP contribution < -0.4 is 20.1 Å². The summed E-state index contributed by atoms with van der Waals surface area (Å²) in [7, 11) is 2.01. The Morgan fingerprint density at radius 1 is 1.06 bits per heavy atom. The molecular formula is C40H45BrN4O4. The van der Waals surface area contributed by atoms with Crippen molar-refractivity contribution in [2.24, 2.45) is 5.92 Å². The number of carbonyl (C=O) groups is 2. The number of benzene rings is 3. The topological polar surface area (TPSA) is 104 Å². The van der Waals surface area contributed by atoms with E-state index in [-0.39, 0.29) is 18.3 Å². The number of dihydropyridines is 1. The van der Waals surface area contributed by atoms with Gasteiger partial charge in [0.1, 0.15) is 6.61 Å². The van der Waals surface area contributed by atoms with Crippen LogP contribution in [0.1, 0.15) is 75.5 Å². The number of amides is 1. The molecule has 5 rings (SSSR count). The molecule has 9 heteroatoms. The van der Waals surface area contributed by atoms with Crippen LogP contribution in [0.25, 0.3) is 0 Å². The number of ether oxygens (including phenoxy) is 2. The lowest BCUT2D eigenvalue weighted by Gasteiger charge is -2.35. The first-order chi connectivity index (χ1) is 23.7. The Morgan fingerprint density at radius 2 is 1.84 bits per heavy atom. The molecule has 1 aliphatic carbocycles. The van der Waals surface area contributed by atoms with Gasteiger partial charge in [-0.05, 0) is 96.5 Å². The Morgan fingerprint density at radius 3 is 2.57 bits per heavy atom. The number of nitrogens with one attached hydrogen (secondary N) is 2. The Bertz CT molecular complexity index is 1780. The van der Waals surface area contributed by atoms with Gasteiger partial charge in [-0.25, -0.2) is 0 Å². The van der Waals surface area contributed by atoms with E-state index < -0.39 is 5.92 Å². The third-order valence-corrected chi connectivity index (χ3v) is 9.59. The summed E-state index contributed by atoms with van der Waals surface area (Å²) in [5.41, 5.74) is 6.51. The van der Waals surface area contributed by atoms with Gasteiger partial charge in [-0.3, -0.25) is 9.59 Å². The van der Waals surface area contributed by atoms with E-state index in [2.05, 4.69) is 56.6 Å². The van der Waals surface area contributed by atoms with Gasteiger partial charge in [-0.15, -0.1) is 0 Å². The Kier molecular flexibility index (Phi) is 12.3. The molecule has 0 fully saturated rings. The molecule has 0 spiro atoms. The molecule has 3 aromatic carbocycles.